The maximum atomic E-state index is 12.8. The standard InChI is InChI=1S/C20H22N2O2S/c1-16-6-3-8-18(12-16)24-15-20(23)22(14-19-9-5-11-25-19)13-17-7-4-10-21(17)2/h3-12H,13-15H2,1-2H3. The average molecular weight is 354 g/mol. The van der Waals surface area contributed by atoms with Crippen molar-refractivity contribution in [3.8, 4) is 5.75 Å². The minimum atomic E-state index is -0.0175. The van der Waals surface area contributed by atoms with Crippen molar-refractivity contribution in [3.63, 3.8) is 0 Å². The van der Waals surface area contributed by atoms with Crippen molar-refractivity contribution >= 4 is 17.2 Å². The first-order valence-corrected chi connectivity index (χ1v) is 9.09. The second-order valence-corrected chi connectivity index (χ2v) is 7.08. The molecule has 0 unspecified atom stereocenters. The van der Waals surface area contributed by atoms with Crippen LogP contribution < -0.4 is 4.74 Å². The molecule has 0 bridgehead atoms. The van der Waals surface area contributed by atoms with Gasteiger partial charge in [-0.2, -0.15) is 0 Å². The van der Waals surface area contributed by atoms with Crippen LogP contribution in [-0.2, 0) is 24.9 Å². The SMILES string of the molecule is Cc1cccc(OCC(=O)N(Cc2cccs2)Cc2cccn2C)c1. The monoisotopic (exact) mass is 354 g/mol. The van der Waals surface area contributed by atoms with Gasteiger partial charge >= 0.3 is 0 Å². The predicted octanol–water partition coefficient (Wildman–Crippen LogP) is 4.00. The first-order valence-electron chi connectivity index (χ1n) is 8.21. The number of aryl methyl sites for hydroxylation is 2. The average Bonchev–Trinajstić information content (AvgIpc) is 3.24. The lowest BCUT2D eigenvalue weighted by molar-refractivity contribution is -0.134. The number of hydrogen-bond acceptors (Lipinski definition) is 3. The molecular weight excluding hydrogens is 332 g/mol. The minimum Gasteiger partial charge on any atom is -0.484 e. The highest BCUT2D eigenvalue weighted by Crippen LogP contribution is 2.16. The molecule has 0 N–H and O–H groups in total. The molecule has 0 aliphatic heterocycles. The van der Waals surface area contributed by atoms with Crippen LogP contribution in [-0.4, -0.2) is 22.0 Å². The minimum absolute atomic E-state index is 0.0175. The van der Waals surface area contributed by atoms with E-state index in [0.717, 1.165) is 21.9 Å². The Morgan fingerprint density at radius 2 is 2.04 bits per heavy atom. The molecule has 0 atom stereocenters. The number of ether oxygens (including phenoxy) is 1. The largest absolute Gasteiger partial charge is 0.484 e. The highest BCUT2D eigenvalue weighted by atomic mass is 32.1. The second-order valence-electron chi connectivity index (χ2n) is 6.04. The molecule has 0 aliphatic carbocycles. The van der Waals surface area contributed by atoms with Crippen molar-refractivity contribution in [2.24, 2.45) is 7.05 Å². The van der Waals surface area contributed by atoms with Gasteiger partial charge in [-0.3, -0.25) is 4.79 Å². The Balaban J connectivity index is 1.68. The summed E-state index contributed by atoms with van der Waals surface area (Å²) in [5, 5.41) is 2.03. The Morgan fingerprint density at radius 3 is 2.72 bits per heavy atom. The fraction of sp³-hybridized carbons (Fsp3) is 0.250. The van der Waals surface area contributed by atoms with E-state index in [0.29, 0.717) is 13.1 Å². The number of carbonyl (C=O) groups excluding carboxylic acids is 1. The highest BCUT2D eigenvalue weighted by Gasteiger charge is 2.17. The van der Waals surface area contributed by atoms with Gasteiger partial charge in [0.25, 0.3) is 5.91 Å². The molecule has 2 heterocycles. The summed E-state index contributed by atoms with van der Waals surface area (Å²) < 4.78 is 7.74. The molecule has 1 amide bonds. The molecule has 25 heavy (non-hydrogen) atoms. The van der Waals surface area contributed by atoms with E-state index in [4.69, 9.17) is 4.74 Å². The summed E-state index contributed by atoms with van der Waals surface area (Å²) in [7, 11) is 1.99. The normalized spacial score (nSPS) is 10.6. The van der Waals surface area contributed by atoms with E-state index in [2.05, 4.69) is 6.07 Å². The van der Waals surface area contributed by atoms with E-state index in [-0.39, 0.29) is 12.5 Å². The highest BCUT2D eigenvalue weighted by molar-refractivity contribution is 7.09. The lowest BCUT2D eigenvalue weighted by Crippen LogP contribution is -2.34. The molecule has 0 saturated heterocycles. The summed E-state index contributed by atoms with van der Waals surface area (Å²) in [5.41, 5.74) is 2.21. The zero-order valence-electron chi connectivity index (χ0n) is 14.5. The van der Waals surface area contributed by atoms with Crippen LogP contribution in [0, 0.1) is 6.92 Å². The molecule has 0 saturated carbocycles. The van der Waals surface area contributed by atoms with E-state index < -0.39 is 0 Å². The zero-order chi connectivity index (χ0) is 17.6. The van der Waals surface area contributed by atoms with Gasteiger partial charge in [0.15, 0.2) is 6.61 Å². The number of nitrogens with zero attached hydrogens (tertiary/aromatic N) is 2. The summed E-state index contributed by atoms with van der Waals surface area (Å²) >= 11 is 1.66. The molecule has 130 valence electrons. The van der Waals surface area contributed by atoms with Crippen LogP contribution in [0.5, 0.6) is 5.75 Å². The van der Waals surface area contributed by atoms with Crippen molar-refractivity contribution in [1.82, 2.24) is 9.47 Å². The lowest BCUT2D eigenvalue weighted by Gasteiger charge is -2.22. The maximum Gasteiger partial charge on any atom is 0.261 e. The molecule has 0 radical (unpaired) electrons. The number of thiophene rings is 1. The van der Waals surface area contributed by atoms with Crippen LogP contribution in [0.2, 0.25) is 0 Å². The van der Waals surface area contributed by atoms with Gasteiger partial charge in [0.1, 0.15) is 5.75 Å². The van der Waals surface area contributed by atoms with Gasteiger partial charge in [0.05, 0.1) is 13.1 Å². The number of rotatable bonds is 7. The van der Waals surface area contributed by atoms with Crippen LogP contribution in [0.3, 0.4) is 0 Å². The second kappa shape index (κ2) is 8.03. The van der Waals surface area contributed by atoms with Gasteiger partial charge in [-0.05, 0) is 48.2 Å². The smallest absolute Gasteiger partial charge is 0.261 e. The summed E-state index contributed by atoms with van der Waals surface area (Å²) in [6.45, 7) is 3.21. The predicted molar refractivity (Wildman–Crippen MR) is 101 cm³/mol. The van der Waals surface area contributed by atoms with E-state index >= 15 is 0 Å². The van der Waals surface area contributed by atoms with Crippen molar-refractivity contribution < 1.29 is 9.53 Å². The Bertz CT molecular complexity index is 824. The summed E-state index contributed by atoms with van der Waals surface area (Å²) in [5.74, 6) is 0.708. The molecule has 4 nitrogen and oxygen atoms in total. The third-order valence-electron chi connectivity index (χ3n) is 4.04. The van der Waals surface area contributed by atoms with Crippen LogP contribution in [0.25, 0.3) is 0 Å². The van der Waals surface area contributed by atoms with Crippen molar-refractivity contribution in [3.05, 3.63) is 76.2 Å². The molecule has 0 fully saturated rings. The fourth-order valence-corrected chi connectivity index (χ4v) is 3.34. The molecule has 1 aromatic carbocycles. The number of carbonyl (C=O) groups is 1. The van der Waals surface area contributed by atoms with Gasteiger partial charge in [-0.1, -0.05) is 18.2 Å². The van der Waals surface area contributed by atoms with E-state index in [1.807, 2.05) is 77.5 Å². The molecule has 2 aromatic heterocycles. The number of amides is 1. The fourth-order valence-electron chi connectivity index (χ4n) is 2.62. The molecule has 3 rings (SSSR count). The topological polar surface area (TPSA) is 34.5 Å². The van der Waals surface area contributed by atoms with Crippen LogP contribution >= 0.6 is 11.3 Å². The first-order chi connectivity index (χ1) is 12.1. The lowest BCUT2D eigenvalue weighted by atomic mass is 10.2. The third kappa shape index (κ3) is 4.73. The van der Waals surface area contributed by atoms with Gasteiger partial charge in [0.2, 0.25) is 0 Å². The van der Waals surface area contributed by atoms with E-state index in [9.17, 15) is 4.79 Å². The molecule has 0 spiro atoms. The van der Waals surface area contributed by atoms with Crippen molar-refractivity contribution in [2.45, 2.75) is 20.0 Å². The molecule has 3 aromatic rings. The summed E-state index contributed by atoms with van der Waals surface area (Å²) in [6.07, 6.45) is 1.99. The van der Waals surface area contributed by atoms with Crippen molar-refractivity contribution in [2.75, 3.05) is 6.61 Å². The number of hydrogen-bond donors (Lipinski definition) is 0. The van der Waals surface area contributed by atoms with Crippen LogP contribution in [0.1, 0.15) is 16.1 Å². The number of aromatic nitrogens is 1. The Morgan fingerprint density at radius 1 is 1.16 bits per heavy atom. The summed E-state index contributed by atoms with van der Waals surface area (Å²) in [6, 6.07) is 15.8. The van der Waals surface area contributed by atoms with Gasteiger partial charge in [0, 0.05) is 23.8 Å². The van der Waals surface area contributed by atoms with E-state index in [1.165, 1.54) is 0 Å². The molecule has 5 heteroatoms. The maximum absolute atomic E-state index is 12.8. The van der Waals surface area contributed by atoms with Crippen molar-refractivity contribution in [1.29, 1.82) is 0 Å². The molecule has 0 aliphatic rings. The Kier molecular flexibility index (Phi) is 5.56. The zero-order valence-corrected chi connectivity index (χ0v) is 15.3. The summed E-state index contributed by atoms with van der Waals surface area (Å²) in [4.78, 5) is 15.8. The van der Waals surface area contributed by atoms with Gasteiger partial charge < -0.3 is 14.2 Å². The van der Waals surface area contributed by atoms with Crippen LogP contribution in [0.15, 0.2) is 60.1 Å². The molecular formula is C20H22N2O2S. The first kappa shape index (κ1) is 17.3. The quantitative estimate of drug-likeness (QED) is 0.643. The Labute approximate surface area is 152 Å². The van der Waals surface area contributed by atoms with Crippen LogP contribution in [0.4, 0.5) is 0 Å². The number of benzene rings is 1. The Hall–Kier alpha value is -2.53. The van der Waals surface area contributed by atoms with Gasteiger partial charge in [-0.25, -0.2) is 0 Å². The third-order valence-corrected chi connectivity index (χ3v) is 4.90. The van der Waals surface area contributed by atoms with E-state index in [1.54, 1.807) is 11.3 Å². The van der Waals surface area contributed by atoms with Gasteiger partial charge in [-0.15, -0.1) is 11.3 Å².